The number of para-hydroxylation sites is 1. The summed E-state index contributed by atoms with van der Waals surface area (Å²) in [5.41, 5.74) is 3.59. The predicted molar refractivity (Wildman–Crippen MR) is 88.9 cm³/mol. The van der Waals surface area contributed by atoms with E-state index in [0.29, 0.717) is 0 Å². The summed E-state index contributed by atoms with van der Waals surface area (Å²) in [5, 5.41) is 1.24. The zero-order valence-electron chi connectivity index (χ0n) is 13.5. The first-order valence-corrected chi connectivity index (χ1v) is 8.45. The van der Waals surface area contributed by atoms with Crippen molar-refractivity contribution in [1.29, 1.82) is 0 Å². The third-order valence-electron chi connectivity index (χ3n) is 4.77. The number of hydrogen-bond acceptors (Lipinski definition) is 2. The Morgan fingerprint density at radius 3 is 2.91 bits per heavy atom. The highest BCUT2D eigenvalue weighted by Crippen LogP contribution is 2.31. The van der Waals surface area contributed by atoms with Gasteiger partial charge >= 0.3 is 5.97 Å². The summed E-state index contributed by atoms with van der Waals surface area (Å²) in [6.45, 7) is 4.29. The largest absolute Gasteiger partial charge is 0.462 e. The van der Waals surface area contributed by atoms with Crippen LogP contribution < -0.4 is 0 Å². The molecule has 3 nitrogen and oxygen atoms in total. The summed E-state index contributed by atoms with van der Waals surface area (Å²) in [6, 6.07) is 8.31. The predicted octanol–water partition coefficient (Wildman–Crippen LogP) is 4.53. The van der Waals surface area contributed by atoms with Gasteiger partial charge in [-0.15, -0.1) is 0 Å². The van der Waals surface area contributed by atoms with E-state index in [1.807, 2.05) is 6.07 Å². The first-order valence-electron chi connectivity index (χ1n) is 8.45. The third kappa shape index (κ3) is 3.03. The van der Waals surface area contributed by atoms with E-state index in [9.17, 15) is 4.79 Å². The average molecular weight is 299 g/mol. The Morgan fingerprint density at radius 1 is 1.27 bits per heavy atom. The maximum atomic E-state index is 12.2. The molecule has 1 aliphatic rings. The van der Waals surface area contributed by atoms with Crippen molar-refractivity contribution in [3.63, 3.8) is 0 Å². The molecule has 0 amide bonds. The average Bonchev–Trinajstić information content (AvgIpc) is 3.01. The molecule has 1 aromatic carbocycles. The van der Waals surface area contributed by atoms with Gasteiger partial charge in [-0.2, -0.15) is 0 Å². The van der Waals surface area contributed by atoms with Crippen LogP contribution >= 0.6 is 0 Å². The van der Waals surface area contributed by atoms with Crippen molar-refractivity contribution in [3.8, 4) is 0 Å². The second-order valence-electron chi connectivity index (χ2n) is 6.47. The first kappa shape index (κ1) is 15.1. The van der Waals surface area contributed by atoms with Crippen molar-refractivity contribution in [2.75, 3.05) is 0 Å². The van der Waals surface area contributed by atoms with Crippen LogP contribution in [0.4, 0.5) is 0 Å². The number of carbonyl (C=O) groups is 1. The van der Waals surface area contributed by atoms with E-state index in [0.717, 1.165) is 31.2 Å². The van der Waals surface area contributed by atoms with Crippen molar-refractivity contribution in [2.24, 2.45) is 5.92 Å². The van der Waals surface area contributed by atoms with Crippen molar-refractivity contribution in [3.05, 3.63) is 35.5 Å². The maximum absolute atomic E-state index is 12.2. The molecule has 2 aromatic rings. The molecular formula is C19H25NO2. The second kappa shape index (κ2) is 6.55. The number of nitrogens with one attached hydrogen (secondary N) is 1. The van der Waals surface area contributed by atoms with Crippen LogP contribution in [0.25, 0.3) is 10.9 Å². The smallest absolute Gasteiger partial charge is 0.309 e. The molecule has 1 fully saturated rings. The second-order valence-corrected chi connectivity index (χ2v) is 6.47. The van der Waals surface area contributed by atoms with Crippen molar-refractivity contribution in [1.82, 2.24) is 4.98 Å². The number of unbranched alkanes of at least 4 members (excludes halogenated alkanes) is 2. The molecule has 2 atom stereocenters. The number of carbonyl (C=O) groups excluding carboxylic acids is 1. The Morgan fingerprint density at radius 2 is 2.09 bits per heavy atom. The molecule has 118 valence electrons. The molecule has 1 aliphatic heterocycles. The van der Waals surface area contributed by atoms with Crippen LogP contribution in [0.3, 0.4) is 0 Å². The van der Waals surface area contributed by atoms with Gasteiger partial charge in [-0.25, -0.2) is 0 Å². The highest BCUT2D eigenvalue weighted by atomic mass is 16.5. The summed E-state index contributed by atoms with van der Waals surface area (Å²) in [4.78, 5) is 15.6. The fourth-order valence-electron chi connectivity index (χ4n) is 3.53. The molecule has 1 saturated heterocycles. The molecule has 1 N–H and O–H groups in total. The number of hydrogen-bond donors (Lipinski definition) is 1. The van der Waals surface area contributed by atoms with E-state index in [1.165, 1.54) is 29.5 Å². The number of rotatable bonds is 6. The summed E-state index contributed by atoms with van der Waals surface area (Å²) in [5.74, 6) is 0.00992. The molecule has 0 aliphatic carbocycles. The number of cyclic esters (lactones) is 1. The molecule has 2 heterocycles. The minimum atomic E-state index is -0.00817. The topological polar surface area (TPSA) is 42.1 Å². The van der Waals surface area contributed by atoms with E-state index in [-0.39, 0.29) is 18.0 Å². The minimum Gasteiger partial charge on any atom is -0.462 e. The summed E-state index contributed by atoms with van der Waals surface area (Å²) in [6.07, 6.45) is 6.41. The van der Waals surface area contributed by atoms with Gasteiger partial charge in [-0.05, 0) is 44.2 Å². The van der Waals surface area contributed by atoms with Crippen LogP contribution in [0.5, 0.6) is 0 Å². The Kier molecular flexibility index (Phi) is 4.51. The Bertz CT molecular complexity index is 658. The van der Waals surface area contributed by atoms with Gasteiger partial charge in [0.15, 0.2) is 0 Å². The van der Waals surface area contributed by atoms with E-state index < -0.39 is 0 Å². The van der Waals surface area contributed by atoms with Gasteiger partial charge in [-0.3, -0.25) is 4.79 Å². The van der Waals surface area contributed by atoms with Gasteiger partial charge < -0.3 is 9.72 Å². The van der Waals surface area contributed by atoms with Crippen molar-refractivity contribution in [2.45, 2.75) is 58.5 Å². The summed E-state index contributed by atoms with van der Waals surface area (Å²) >= 11 is 0. The van der Waals surface area contributed by atoms with Crippen molar-refractivity contribution < 1.29 is 9.53 Å². The molecule has 0 spiro atoms. The lowest BCUT2D eigenvalue weighted by molar-refractivity contribution is -0.144. The quantitative estimate of drug-likeness (QED) is 0.629. The third-order valence-corrected chi connectivity index (χ3v) is 4.77. The van der Waals surface area contributed by atoms with Crippen LogP contribution in [0.1, 0.15) is 50.3 Å². The van der Waals surface area contributed by atoms with E-state index in [2.05, 4.69) is 37.0 Å². The van der Waals surface area contributed by atoms with Gasteiger partial charge in [0.25, 0.3) is 0 Å². The van der Waals surface area contributed by atoms with E-state index >= 15 is 0 Å². The number of H-pyrrole nitrogens is 1. The first-order chi connectivity index (χ1) is 10.7. The number of benzene rings is 1. The zero-order chi connectivity index (χ0) is 15.5. The number of ether oxygens (including phenoxy) is 1. The van der Waals surface area contributed by atoms with Gasteiger partial charge in [-0.1, -0.05) is 38.0 Å². The highest BCUT2D eigenvalue weighted by molar-refractivity contribution is 5.85. The standard InChI is InChI=1S/C19H25NO2/c1-3-4-5-8-15-11-14(19(21)22-15)12-17-13(2)20-18-10-7-6-9-16(17)18/h6-7,9-10,14-15,20H,3-5,8,11-12H2,1-2H3/t14-,15-/m0/s1. The number of aromatic amines is 1. The molecule has 3 rings (SSSR count). The fraction of sp³-hybridized carbons (Fsp3) is 0.526. The van der Waals surface area contributed by atoms with Gasteiger partial charge in [0.2, 0.25) is 0 Å². The van der Waals surface area contributed by atoms with Crippen LogP contribution in [-0.4, -0.2) is 17.1 Å². The van der Waals surface area contributed by atoms with Gasteiger partial charge in [0, 0.05) is 16.6 Å². The van der Waals surface area contributed by atoms with Crippen LogP contribution in [0.2, 0.25) is 0 Å². The number of aromatic nitrogens is 1. The fourth-order valence-corrected chi connectivity index (χ4v) is 3.53. The minimum absolute atomic E-state index is 0.00817. The Labute approximate surface area is 132 Å². The van der Waals surface area contributed by atoms with Gasteiger partial charge in [0.05, 0.1) is 5.92 Å². The molecule has 0 saturated carbocycles. The molecule has 0 radical (unpaired) electrons. The normalized spacial score (nSPS) is 21.5. The lowest BCUT2D eigenvalue weighted by Crippen LogP contribution is -2.11. The summed E-state index contributed by atoms with van der Waals surface area (Å²) < 4.78 is 5.57. The van der Waals surface area contributed by atoms with E-state index in [1.54, 1.807) is 0 Å². The molecular weight excluding hydrogens is 274 g/mol. The SMILES string of the molecule is CCCCC[C@H]1C[C@@H](Cc2c(C)[nH]c3ccccc23)C(=O)O1. The maximum Gasteiger partial charge on any atom is 0.309 e. The van der Waals surface area contributed by atoms with Crippen LogP contribution in [0, 0.1) is 12.8 Å². The highest BCUT2D eigenvalue weighted by Gasteiger charge is 2.34. The lowest BCUT2D eigenvalue weighted by atomic mass is 9.93. The van der Waals surface area contributed by atoms with Crippen LogP contribution in [0.15, 0.2) is 24.3 Å². The Balaban J connectivity index is 1.70. The number of fused-ring (bicyclic) bond motifs is 1. The van der Waals surface area contributed by atoms with E-state index in [4.69, 9.17) is 4.74 Å². The molecule has 0 bridgehead atoms. The van der Waals surface area contributed by atoms with Crippen LogP contribution in [-0.2, 0) is 16.0 Å². The molecule has 1 aromatic heterocycles. The lowest BCUT2D eigenvalue weighted by Gasteiger charge is -2.07. The summed E-state index contributed by atoms with van der Waals surface area (Å²) in [7, 11) is 0. The molecule has 0 unspecified atom stereocenters. The molecule has 22 heavy (non-hydrogen) atoms. The Hall–Kier alpha value is -1.77. The number of aryl methyl sites for hydroxylation is 1. The monoisotopic (exact) mass is 299 g/mol. The zero-order valence-corrected chi connectivity index (χ0v) is 13.5. The number of esters is 1. The molecule has 3 heteroatoms. The van der Waals surface area contributed by atoms with Crippen molar-refractivity contribution >= 4 is 16.9 Å². The van der Waals surface area contributed by atoms with Gasteiger partial charge in [0.1, 0.15) is 6.10 Å².